The highest BCUT2D eigenvalue weighted by atomic mass is 32.2. The fourth-order valence-electron chi connectivity index (χ4n) is 3.55. The molecule has 3 rings (SSSR count). The van der Waals surface area contributed by atoms with Gasteiger partial charge in [0.2, 0.25) is 11.8 Å². The minimum absolute atomic E-state index is 0.0522. The van der Waals surface area contributed by atoms with Gasteiger partial charge in [-0.2, -0.15) is 0 Å². The fraction of sp³-hybridized carbons (Fsp3) is 0.688. The Morgan fingerprint density at radius 1 is 1.38 bits per heavy atom. The van der Waals surface area contributed by atoms with Gasteiger partial charge in [0.25, 0.3) is 10.0 Å². The van der Waals surface area contributed by atoms with Crippen LogP contribution in [-0.4, -0.2) is 59.4 Å². The standard InChI is InChI=1S/C16H25N5O4S/c1-10(2)6-12-16(23)21-5-4-11(7-13(21)15(22)18-12)19-26(24,25)14-8-20(3)9-17-14/h8-13,19H,4-7H2,1-3H3,(H,18,22)/t11-,12+,13-/m0/s1. The average molecular weight is 383 g/mol. The summed E-state index contributed by atoms with van der Waals surface area (Å²) >= 11 is 0. The summed E-state index contributed by atoms with van der Waals surface area (Å²) in [7, 11) is -2.06. The van der Waals surface area contributed by atoms with Gasteiger partial charge in [-0.25, -0.2) is 18.1 Å². The zero-order chi connectivity index (χ0) is 19.1. The highest BCUT2D eigenvalue weighted by Crippen LogP contribution is 2.25. The molecule has 0 spiro atoms. The van der Waals surface area contributed by atoms with Crippen LogP contribution in [0.25, 0.3) is 0 Å². The molecule has 2 amide bonds. The number of rotatable bonds is 5. The number of carbonyl (C=O) groups is 2. The molecule has 2 aliphatic rings. The summed E-state index contributed by atoms with van der Waals surface area (Å²) in [5, 5.41) is 2.74. The average Bonchev–Trinajstić information content (AvgIpc) is 2.99. The number of aromatic nitrogens is 2. The molecule has 3 heterocycles. The lowest BCUT2D eigenvalue weighted by atomic mass is 9.91. The summed E-state index contributed by atoms with van der Waals surface area (Å²) in [6, 6.07) is -1.53. The van der Waals surface area contributed by atoms with Crippen molar-refractivity contribution in [3.05, 3.63) is 12.5 Å². The number of hydrogen-bond acceptors (Lipinski definition) is 5. The highest BCUT2D eigenvalue weighted by molar-refractivity contribution is 7.89. The first-order valence-electron chi connectivity index (χ1n) is 8.78. The monoisotopic (exact) mass is 383 g/mol. The maximum absolute atomic E-state index is 12.6. The van der Waals surface area contributed by atoms with Gasteiger partial charge in [0.15, 0.2) is 5.03 Å². The number of nitrogens with one attached hydrogen (secondary N) is 2. The molecule has 0 radical (unpaired) electrons. The summed E-state index contributed by atoms with van der Waals surface area (Å²) < 4.78 is 29.0. The smallest absolute Gasteiger partial charge is 0.259 e. The lowest BCUT2D eigenvalue weighted by molar-refractivity contribution is -0.152. The van der Waals surface area contributed by atoms with Crippen molar-refractivity contribution >= 4 is 21.8 Å². The van der Waals surface area contributed by atoms with Crippen molar-refractivity contribution in [3.63, 3.8) is 0 Å². The van der Waals surface area contributed by atoms with E-state index >= 15 is 0 Å². The van der Waals surface area contributed by atoms with Crippen LogP contribution < -0.4 is 10.0 Å². The molecule has 2 aliphatic heterocycles. The predicted molar refractivity (Wildman–Crippen MR) is 93.4 cm³/mol. The summed E-state index contributed by atoms with van der Waals surface area (Å²) in [5.74, 6) is 0.00911. The molecule has 2 saturated heterocycles. The number of nitrogens with zero attached hydrogens (tertiary/aromatic N) is 3. The molecule has 10 heteroatoms. The number of aryl methyl sites for hydroxylation is 1. The second kappa shape index (κ2) is 6.99. The largest absolute Gasteiger partial charge is 0.342 e. The van der Waals surface area contributed by atoms with E-state index in [0.29, 0.717) is 25.3 Å². The first-order chi connectivity index (χ1) is 12.2. The van der Waals surface area contributed by atoms with E-state index in [2.05, 4.69) is 15.0 Å². The molecule has 9 nitrogen and oxygen atoms in total. The topological polar surface area (TPSA) is 113 Å². The van der Waals surface area contributed by atoms with Crippen molar-refractivity contribution in [3.8, 4) is 0 Å². The zero-order valence-corrected chi connectivity index (χ0v) is 16.0. The van der Waals surface area contributed by atoms with Gasteiger partial charge in [0, 0.05) is 25.8 Å². The molecule has 0 aromatic carbocycles. The molecule has 0 aliphatic carbocycles. The molecule has 26 heavy (non-hydrogen) atoms. The highest BCUT2D eigenvalue weighted by Gasteiger charge is 2.44. The zero-order valence-electron chi connectivity index (χ0n) is 15.2. The third-order valence-corrected chi connectivity index (χ3v) is 6.19. The lowest BCUT2D eigenvalue weighted by Gasteiger charge is -2.44. The van der Waals surface area contributed by atoms with Crippen LogP contribution in [-0.2, 0) is 26.7 Å². The van der Waals surface area contributed by atoms with E-state index in [4.69, 9.17) is 0 Å². The molecule has 0 bridgehead atoms. The maximum Gasteiger partial charge on any atom is 0.259 e. The maximum atomic E-state index is 12.6. The Kier molecular flexibility index (Phi) is 5.07. The molecule has 2 fully saturated rings. The molecule has 0 saturated carbocycles. The molecule has 0 unspecified atom stereocenters. The Morgan fingerprint density at radius 2 is 2.12 bits per heavy atom. The normalized spacial score (nSPS) is 26.8. The van der Waals surface area contributed by atoms with Crippen molar-refractivity contribution in [1.82, 2.24) is 24.5 Å². The van der Waals surface area contributed by atoms with Crippen LogP contribution in [0.3, 0.4) is 0 Å². The van der Waals surface area contributed by atoms with Crippen LogP contribution in [0.1, 0.15) is 33.1 Å². The summed E-state index contributed by atoms with van der Waals surface area (Å²) in [6.45, 7) is 4.37. The number of piperidine rings is 1. The molecule has 2 N–H and O–H groups in total. The van der Waals surface area contributed by atoms with Crippen molar-refractivity contribution in [2.24, 2.45) is 13.0 Å². The van der Waals surface area contributed by atoms with Gasteiger partial charge in [-0.1, -0.05) is 13.8 Å². The third kappa shape index (κ3) is 3.75. The van der Waals surface area contributed by atoms with Crippen molar-refractivity contribution < 1.29 is 18.0 Å². The van der Waals surface area contributed by atoms with Crippen LogP contribution in [0.15, 0.2) is 17.6 Å². The van der Waals surface area contributed by atoms with Crippen molar-refractivity contribution in [1.29, 1.82) is 0 Å². The number of sulfonamides is 1. The quantitative estimate of drug-likeness (QED) is 0.718. The molecule has 3 atom stereocenters. The van der Waals surface area contributed by atoms with E-state index in [9.17, 15) is 18.0 Å². The minimum Gasteiger partial charge on any atom is -0.342 e. The van der Waals surface area contributed by atoms with Crippen LogP contribution in [0.4, 0.5) is 0 Å². The number of fused-ring (bicyclic) bond motifs is 1. The van der Waals surface area contributed by atoms with Gasteiger partial charge in [0.05, 0.1) is 6.33 Å². The van der Waals surface area contributed by atoms with Crippen LogP contribution in [0, 0.1) is 5.92 Å². The summed E-state index contributed by atoms with van der Waals surface area (Å²) in [6.07, 6.45) is 4.17. The van der Waals surface area contributed by atoms with Crippen LogP contribution in [0.2, 0.25) is 0 Å². The Balaban J connectivity index is 1.68. The van der Waals surface area contributed by atoms with Gasteiger partial charge >= 0.3 is 0 Å². The number of imidazole rings is 1. The van der Waals surface area contributed by atoms with E-state index in [1.807, 2.05) is 13.8 Å². The van der Waals surface area contributed by atoms with Gasteiger partial charge in [-0.3, -0.25) is 9.59 Å². The summed E-state index contributed by atoms with van der Waals surface area (Å²) in [5.41, 5.74) is 0. The Morgan fingerprint density at radius 3 is 2.73 bits per heavy atom. The molecule has 1 aromatic heterocycles. The lowest BCUT2D eigenvalue weighted by Crippen LogP contribution is -2.67. The third-order valence-electron chi connectivity index (χ3n) is 4.79. The molecule has 1 aromatic rings. The fourth-order valence-corrected chi connectivity index (χ4v) is 4.82. The predicted octanol–water partition coefficient (Wildman–Crippen LogP) is -0.397. The van der Waals surface area contributed by atoms with Gasteiger partial charge in [-0.15, -0.1) is 0 Å². The van der Waals surface area contributed by atoms with Crippen LogP contribution >= 0.6 is 0 Å². The second-order valence-corrected chi connectivity index (χ2v) is 9.12. The van der Waals surface area contributed by atoms with E-state index in [1.165, 1.54) is 12.5 Å². The number of piperazine rings is 1. The Bertz CT molecular complexity index is 803. The minimum atomic E-state index is -3.75. The van der Waals surface area contributed by atoms with E-state index in [1.54, 1.807) is 16.5 Å². The van der Waals surface area contributed by atoms with Crippen molar-refractivity contribution in [2.45, 2.75) is 56.3 Å². The van der Waals surface area contributed by atoms with Gasteiger partial charge in [0.1, 0.15) is 12.1 Å². The second-order valence-electron chi connectivity index (χ2n) is 7.46. The van der Waals surface area contributed by atoms with Crippen LogP contribution in [0.5, 0.6) is 0 Å². The van der Waals surface area contributed by atoms with E-state index in [0.717, 1.165) is 0 Å². The number of carbonyl (C=O) groups excluding carboxylic acids is 2. The molecular formula is C16H25N5O4S. The SMILES string of the molecule is CC(C)C[C@H]1NC(=O)[C@@H]2C[C@@H](NS(=O)(=O)c3cn(C)cn3)CCN2C1=O. The van der Waals surface area contributed by atoms with E-state index in [-0.39, 0.29) is 23.3 Å². The first-order valence-corrected chi connectivity index (χ1v) is 10.3. The van der Waals surface area contributed by atoms with Gasteiger partial charge in [-0.05, 0) is 25.2 Å². The van der Waals surface area contributed by atoms with E-state index < -0.39 is 28.1 Å². The molecule has 144 valence electrons. The first kappa shape index (κ1) is 18.8. The summed E-state index contributed by atoms with van der Waals surface area (Å²) in [4.78, 5) is 30.5. The Hall–Kier alpha value is -1.94. The Labute approximate surface area is 153 Å². The van der Waals surface area contributed by atoms with Crippen molar-refractivity contribution in [2.75, 3.05) is 6.54 Å². The van der Waals surface area contributed by atoms with Gasteiger partial charge < -0.3 is 14.8 Å². The number of amides is 2. The number of hydrogen-bond donors (Lipinski definition) is 2. The molecular weight excluding hydrogens is 358 g/mol.